The molecule has 0 spiro atoms. The number of hydrogen-bond acceptors (Lipinski definition) is 5. The van der Waals surface area contributed by atoms with Gasteiger partial charge in [-0.05, 0) is 39.3 Å². The van der Waals surface area contributed by atoms with Crippen LogP contribution in [0.4, 0.5) is 0 Å². The van der Waals surface area contributed by atoms with Gasteiger partial charge in [0, 0.05) is 10.6 Å². The summed E-state index contributed by atoms with van der Waals surface area (Å²) in [4.78, 5) is 33.2. The highest BCUT2D eigenvalue weighted by Crippen LogP contribution is 2.28. The van der Waals surface area contributed by atoms with Crippen molar-refractivity contribution in [1.82, 2.24) is 9.97 Å². The Bertz CT molecular complexity index is 1080. The molecule has 28 heavy (non-hydrogen) atoms. The van der Waals surface area contributed by atoms with E-state index in [1.54, 1.807) is 13.8 Å². The Kier molecular flexibility index (Phi) is 6.17. The Labute approximate surface area is 171 Å². The molecule has 2 heterocycles. The Morgan fingerprint density at radius 2 is 2.04 bits per heavy atom. The highest BCUT2D eigenvalue weighted by Gasteiger charge is 2.23. The SMILES string of the molecule is CCOC(=O)c1sc2nc([C@@H](C)[NH2+][C@@H](C)c3ccccc3Cl)[nH]c(=O)c2c1C. The van der Waals surface area contributed by atoms with Crippen molar-refractivity contribution in [3.8, 4) is 0 Å². The zero-order valence-electron chi connectivity index (χ0n) is 16.2. The minimum atomic E-state index is -0.420. The predicted octanol–water partition coefficient (Wildman–Crippen LogP) is 3.51. The Hall–Kier alpha value is -2.22. The van der Waals surface area contributed by atoms with Crippen LogP contribution in [0.15, 0.2) is 29.1 Å². The highest BCUT2D eigenvalue weighted by atomic mass is 35.5. The molecule has 0 saturated heterocycles. The molecule has 3 rings (SSSR count). The smallest absolute Gasteiger partial charge is 0.348 e. The minimum absolute atomic E-state index is 0.0878. The first-order chi connectivity index (χ1) is 13.3. The number of halogens is 1. The second kappa shape index (κ2) is 8.43. The van der Waals surface area contributed by atoms with Crippen LogP contribution in [0, 0.1) is 6.92 Å². The van der Waals surface area contributed by atoms with E-state index in [0.29, 0.717) is 31.5 Å². The number of carbonyl (C=O) groups is 1. The molecule has 0 amide bonds. The van der Waals surface area contributed by atoms with Crippen LogP contribution in [-0.4, -0.2) is 22.5 Å². The van der Waals surface area contributed by atoms with Crippen molar-refractivity contribution >= 4 is 39.1 Å². The molecule has 3 N–H and O–H groups in total. The van der Waals surface area contributed by atoms with E-state index < -0.39 is 5.97 Å². The zero-order chi connectivity index (χ0) is 20.4. The maximum absolute atomic E-state index is 12.7. The summed E-state index contributed by atoms with van der Waals surface area (Å²) in [6, 6.07) is 7.69. The summed E-state index contributed by atoms with van der Waals surface area (Å²) in [5.41, 5.74) is 1.39. The molecule has 0 saturated carbocycles. The van der Waals surface area contributed by atoms with Crippen LogP contribution in [0.1, 0.15) is 59.5 Å². The predicted molar refractivity (Wildman–Crippen MR) is 111 cm³/mol. The molecule has 3 aromatic rings. The number of esters is 1. The van der Waals surface area contributed by atoms with E-state index in [1.807, 2.05) is 31.2 Å². The van der Waals surface area contributed by atoms with Crippen molar-refractivity contribution in [3.05, 3.63) is 61.5 Å². The van der Waals surface area contributed by atoms with Gasteiger partial charge in [0.05, 0.1) is 12.0 Å². The molecule has 8 heteroatoms. The topological polar surface area (TPSA) is 88.7 Å². The first-order valence-electron chi connectivity index (χ1n) is 9.13. The molecule has 0 unspecified atom stereocenters. The van der Waals surface area contributed by atoms with Crippen molar-refractivity contribution in [2.45, 2.75) is 39.8 Å². The van der Waals surface area contributed by atoms with E-state index in [0.717, 1.165) is 5.56 Å². The van der Waals surface area contributed by atoms with Gasteiger partial charge < -0.3 is 15.0 Å². The monoisotopic (exact) mass is 420 g/mol. The van der Waals surface area contributed by atoms with Crippen molar-refractivity contribution in [1.29, 1.82) is 0 Å². The summed E-state index contributed by atoms with van der Waals surface area (Å²) in [5, 5.41) is 3.25. The lowest BCUT2D eigenvalue weighted by Crippen LogP contribution is -2.85. The van der Waals surface area contributed by atoms with Gasteiger partial charge in [-0.15, -0.1) is 11.3 Å². The quantitative estimate of drug-likeness (QED) is 0.597. The maximum Gasteiger partial charge on any atom is 0.348 e. The average Bonchev–Trinajstić information content (AvgIpc) is 2.99. The molecule has 2 aromatic heterocycles. The van der Waals surface area contributed by atoms with Crippen LogP contribution in [0.2, 0.25) is 5.02 Å². The molecular formula is C20H23ClN3O3S+. The van der Waals surface area contributed by atoms with Crippen LogP contribution in [0.3, 0.4) is 0 Å². The number of nitrogens with zero attached hydrogens (tertiary/aromatic N) is 1. The third kappa shape index (κ3) is 3.97. The van der Waals surface area contributed by atoms with Gasteiger partial charge in [-0.2, -0.15) is 0 Å². The van der Waals surface area contributed by atoms with Gasteiger partial charge >= 0.3 is 5.97 Å². The summed E-state index contributed by atoms with van der Waals surface area (Å²) < 4.78 is 5.08. The number of aromatic amines is 1. The fourth-order valence-electron chi connectivity index (χ4n) is 3.24. The second-order valence-electron chi connectivity index (χ2n) is 6.70. The Morgan fingerprint density at radius 1 is 1.32 bits per heavy atom. The van der Waals surface area contributed by atoms with E-state index in [4.69, 9.17) is 16.3 Å². The van der Waals surface area contributed by atoms with Crippen LogP contribution in [-0.2, 0) is 4.74 Å². The van der Waals surface area contributed by atoms with Crippen molar-refractivity contribution in [2.24, 2.45) is 0 Å². The number of nitrogens with one attached hydrogen (secondary N) is 1. The highest BCUT2D eigenvalue weighted by molar-refractivity contribution is 7.20. The average molecular weight is 421 g/mol. The first-order valence-corrected chi connectivity index (χ1v) is 10.3. The number of quaternary nitrogens is 1. The molecule has 0 radical (unpaired) electrons. The molecular weight excluding hydrogens is 398 g/mol. The minimum Gasteiger partial charge on any atom is -0.462 e. The molecule has 0 aliphatic rings. The van der Waals surface area contributed by atoms with Crippen molar-refractivity contribution in [3.63, 3.8) is 0 Å². The fourth-order valence-corrected chi connectivity index (χ4v) is 4.63. The molecule has 2 atom stereocenters. The van der Waals surface area contributed by atoms with Crippen LogP contribution >= 0.6 is 22.9 Å². The van der Waals surface area contributed by atoms with Gasteiger partial charge in [-0.3, -0.25) is 4.79 Å². The van der Waals surface area contributed by atoms with E-state index in [-0.39, 0.29) is 24.2 Å². The number of H-pyrrole nitrogens is 1. The number of rotatable bonds is 6. The van der Waals surface area contributed by atoms with Crippen LogP contribution in [0.5, 0.6) is 0 Å². The second-order valence-corrected chi connectivity index (χ2v) is 8.11. The number of aromatic nitrogens is 2. The third-order valence-electron chi connectivity index (χ3n) is 4.68. The van der Waals surface area contributed by atoms with Crippen molar-refractivity contribution in [2.75, 3.05) is 6.61 Å². The molecule has 0 aliphatic heterocycles. The van der Waals surface area contributed by atoms with Gasteiger partial charge in [0.25, 0.3) is 5.56 Å². The van der Waals surface area contributed by atoms with Gasteiger partial charge in [-0.25, -0.2) is 9.78 Å². The number of fused-ring (bicyclic) bond motifs is 1. The maximum atomic E-state index is 12.7. The van der Waals surface area contributed by atoms with Crippen LogP contribution in [0.25, 0.3) is 10.2 Å². The summed E-state index contributed by atoms with van der Waals surface area (Å²) in [6.45, 7) is 7.82. The summed E-state index contributed by atoms with van der Waals surface area (Å²) in [5.74, 6) is 0.143. The summed E-state index contributed by atoms with van der Waals surface area (Å²) in [6.07, 6.45) is 0. The lowest BCUT2D eigenvalue weighted by atomic mass is 10.1. The number of benzene rings is 1. The third-order valence-corrected chi connectivity index (χ3v) is 6.19. The number of ether oxygens (including phenoxy) is 1. The molecule has 0 bridgehead atoms. The van der Waals surface area contributed by atoms with Gasteiger partial charge in [0.2, 0.25) is 0 Å². The lowest BCUT2D eigenvalue weighted by molar-refractivity contribution is -0.729. The zero-order valence-corrected chi connectivity index (χ0v) is 17.8. The largest absolute Gasteiger partial charge is 0.462 e. The lowest BCUT2D eigenvalue weighted by Gasteiger charge is -2.17. The Balaban J connectivity index is 1.92. The van der Waals surface area contributed by atoms with Crippen LogP contribution < -0.4 is 10.9 Å². The summed E-state index contributed by atoms with van der Waals surface area (Å²) >= 11 is 7.49. The number of hydrogen-bond donors (Lipinski definition) is 2. The first kappa shape index (κ1) is 20.5. The molecule has 0 fully saturated rings. The van der Waals surface area contributed by atoms with E-state index in [2.05, 4.69) is 22.2 Å². The molecule has 6 nitrogen and oxygen atoms in total. The fraction of sp³-hybridized carbons (Fsp3) is 0.350. The normalized spacial score (nSPS) is 13.5. The number of carbonyl (C=O) groups excluding carboxylic acids is 1. The van der Waals surface area contributed by atoms with E-state index in [9.17, 15) is 9.59 Å². The molecule has 1 aromatic carbocycles. The van der Waals surface area contributed by atoms with E-state index in [1.165, 1.54) is 11.3 Å². The van der Waals surface area contributed by atoms with Crippen molar-refractivity contribution < 1.29 is 14.8 Å². The van der Waals surface area contributed by atoms with E-state index >= 15 is 0 Å². The van der Waals surface area contributed by atoms with Gasteiger partial charge in [0.15, 0.2) is 5.82 Å². The Morgan fingerprint density at radius 3 is 2.71 bits per heavy atom. The molecule has 0 aliphatic carbocycles. The number of thiophene rings is 1. The van der Waals surface area contributed by atoms with Gasteiger partial charge in [-0.1, -0.05) is 29.8 Å². The number of nitrogens with two attached hydrogens (primary N) is 1. The standard InChI is InChI=1S/C20H22ClN3O3S/c1-5-27-20(26)16-10(2)15-18(25)23-17(24-19(15)28-16)12(4)22-11(3)13-8-6-7-9-14(13)21/h6-9,11-12,22H,5H2,1-4H3,(H,23,24,25)/p+1/t11-,12+/m0/s1. The molecule has 148 valence electrons. The van der Waals surface area contributed by atoms with Gasteiger partial charge in [0.1, 0.15) is 21.8 Å². The summed E-state index contributed by atoms with van der Waals surface area (Å²) in [7, 11) is 0. The number of aryl methyl sites for hydroxylation is 1.